The largest absolute Gasteiger partial charge is 0.497 e. The summed E-state index contributed by atoms with van der Waals surface area (Å²) in [6.07, 6.45) is 1.99. The minimum Gasteiger partial charge on any atom is -0.497 e. The van der Waals surface area contributed by atoms with E-state index in [0.717, 1.165) is 35.8 Å². The monoisotopic (exact) mass is 544 g/mol. The molecular weight excluding hydrogens is 517 g/mol. The molecule has 0 heterocycles. The lowest BCUT2D eigenvalue weighted by Gasteiger charge is -2.19. The highest BCUT2D eigenvalue weighted by Crippen LogP contribution is 2.41. The van der Waals surface area contributed by atoms with E-state index in [1.165, 1.54) is 12.1 Å². The molecule has 1 atom stereocenters. The first-order valence-electron chi connectivity index (χ1n) is 12.9. The van der Waals surface area contributed by atoms with E-state index in [2.05, 4.69) is 10.6 Å². The molecule has 0 radical (unpaired) electrons. The Balaban J connectivity index is 1.39. The number of benzene rings is 4. The Hall–Kier alpha value is -4.59. The van der Waals surface area contributed by atoms with Gasteiger partial charge >= 0.3 is 0 Å². The van der Waals surface area contributed by atoms with Crippen LogP contribution in [0.25, 0.3) is 11.1 Å². The minimum absolute atomic E-state index is 0.0884. The molecule has 0 spiro atoms. The highest BCUT2D eigenvalue weighted by molar-refractivity contribution is 6.09. The molecule has 1 aliphatic carbocycles. The van der Waals surface area contributed by atoms with E-state index in [0.29, 0.717) is 11.5 Å². The second-order valence-electron chi connectivity index (χ2n) is 9.87. The van der Waals surface area contributed by atoms with Gasteiger partial charge in [-0.05, 0) is 73.2 Å². The lowest BCUT2D eigenvalue weighted by atomic mass is 9.97. The van der Waals surface area contributed by atoms with E-state index in [-0.39, 0.29) is 28.8 Å². The summed E-state index contributed by atoms with van der Waals surface area (Å²) in [6.45, 7) is 1.84. The third-order valence-electron chi connectivity index (χ3n) is 6.99. The van der Waals surface area contributed by atoms with Crippen molar-refractivity contribution in [1.29, 1.82) is 0 Å². The number of carbonyl (C=O) groups excluding carboxylic acids is 2. The molecule has 4 aromatic rings. The van der Waals surface area contributed by atoms with Gasteiger partial charge in [0.05, 0.1) is 18.7 Å². The summed E-state index contributed by atoms with van der Waals surface area (Å²) in [5, 5.41) is 5.61. The Bertz CT molecular complexity index is 1570. The van der Waals surface area contributed by atoms with Gasteiger partial charge in [0, 0.05) is 16.8 Å². The Morgan fingerprint density at radius 2 is 1.57 bits per heavy atom. The smallest absolute Gasteiger partial charge is 0.259 e. The van der Waals surface area contributed by atoms with Gasteiger partial charge in [0.1, 0.15) is 5.75 Å². The number of hydrogen-bond donors (Lipinski definition) is 2. The van der Waals surface area contributed by atoms with Crippen molar-refractivity contribution in [3.05, 3.63) is 119 Å². The van der Waals surface area contributed by atoms with Crippen molar-refractivity contribution >= 4 is 17.5 Å². The van der Waals surface area contributed by atoms with Crippen LogP contribution in [-0.2, 0) is 0 Å². The van der Waals surface area contributed by atoms with Gasteiger partial charge in [-0.25, -0.2) is 13.2 Å². The zero-order chi connectivity index (χ0) is 28.4. The van der Waals surface area contributed by atoms with E-state index in [4.69, 9.17) is 4.74 Å². The Labute approximate surface area is 230 Å². The number of carbonyl (C=O) groups is 2. The predicted octanol–water partition coefficient (Wildman–Crippen LogP) is 7.22. The summed E-state index contributed by atoms with van der Waals surface area (Å²) in [5.74, 6) is -5.01. The standard InChI is InChI=1S/C32H27F3N2O3/c1-18-6-8-19(9-7-18)25-17-26(33)28(34)29(35)27(25)32(39)36-23-5-3-4-22(16-23)31(38)37-30(20-10-11-20)21-12-14-24(40-2)15-13-21/h3-9,12-17,20,30H,10-11H2,1-2H3,(H,36,39)(H,37,38). The first-order valence-corrected chi connectivity index (χ1v) is 12.9. The summed E-state index contributed by atoms with van der Waals surface area (Å²) >= 11 is 0. The number of ether oxygens (including phenoxy) is 1. The number of amides is 2. The number of hydrogen-bond acceptors (Lipinski definition) is 3. The van der Waals surface area contributed by atoms with Crippen LogP contribution >= 0.6 is 0 Å². The second-order valence-corrected chi connectivity index (χ2v) is 9.87. The molecule has 5 nitrogen and oxygen atoms in total. The Kier molecular flexibility index (Phi) is 7.60. The number of anilines is 1. The molecule has 2 amide bonds. The molecular formula is C32H27F3N2O3. The zero-order valence-corrected chi connectivity index (χ0v) is 21.9. The minimum atomic E-state index is -1.74. The average Bonchev–Trinajstić information content (AvgIpc) is 3.80. The van der Waals surface area contributed by atoms with Crippen molar-refractivity contribution in [3.63, 3.8) is 0 Å². The fourth-order valence-corrected chi connectivity index (χ4v) is 4.65. The van der Waals surface area contributed by atoms with Gasteiger partial charge in [-0.2, -0.15) is 0 Å². The lowest BCUT2D eigenvalue weighted by molar-refractivity contribution is 0.0930. The highest BCUT2D eigenvalue weighted by Gasteiger charge is 2.33. The number of aryl methyl sites for hydroxylation is 1. The fraction of sp³-hybridized carbons (Fsp3) is 0.188. The SMILES string of the molecule is COc1ccc(C(NC(=O)c2cccc(NC(=O)c3c(-c4ccc(C)cc4)cc(F)c(F)c3F)c2)C2CC2)cc1. The lowest BCUT2D eigenvalue weighted by Crippen LogP contribution is -2.30. The molecule has 0 bridgehead atoms. The molecule has 1 unspecified atom stereocenters. The number of rotatable bonds is 8. The molecule has 1 aliphatic rings. The summed E-state index contributed by atoms with van der Waals surface area (Å²) in [6, 6.07) is 20.9. The summed E-state index contributed by atoms with van der Waals surface area (Å²) in [4.78, 5) is 26.4. The van der Waals surface area contributed by atoms with Gasteiger partial charge in [-0.1, -0.05) is 48.0 Å². The maximum Gasteiger partial charge on any atom is 0.259 e. The fourth-order valence-electron chi connectivity index (χ4n) is 4.65. The van der Waals surface area contributed by atoms with Crippen LogP contribution in [-0.4, -0.2) is 18.9 Å². The van der Waals surface area contributed by atoms with Crippen molar-refractivity contribution in [3.8, 4) is 16.9 Å². The Morgan fingerprint density at radius 1 is 0.875 bits per heavy atom. The molecule has 0 aliphatic heterocycles. The number of halogens is 3. The van der Waals surface area contributed by atoms with Crippen molar-refractivity contribution in [2.75, 3.05) is 12.4 Å². The molecule has 8 heteroatoms. The summed E-state index contributed by atoms with van der Waals surface area (Å²) in [5.41, 5.74) is 1.97. The zero-order valence-electron chi connectivity index (χ0n) is 21.9. The predicted molar refractivity (Wildman–Crippen MR) is 147 cm³/mol. The average molecular weight is 545 g/mol. The molecule has 2 N–H and O–H groups in total. The van der Waals surface area contributed by atoms with Crippen LogP contribution in [0.1, 0.15) is 50.7 Å². The van der Waals surface area contributed by atoms with E-state index in [9.17, 15) is 22.8 Å². The van der Waals surface area contributed by atoms with Crippen LogP contribution in [0, 0.1) is 30.3 Å². The third kappa shape index (κ3) is 5.71. The normalized spacial score (nSPS) is 13.4. The van der Waals surface area contributed by atoms with Crippen LogP contribution in [0.4, 0.5) is 18.9 Å². The van der Waals surface area contributed by atoms with Gasteiger partial charge in [-0.15, -0.1) is 0 Å². The molecule has 1 fully saturated rings. The molecule has 40 heavy (non-hydrogen) atoms. The quantitative estimate of drug-likeness (QED) is 0.230. The van der Waals surface area contributed by atoms with Crippen molar-refractivity contribution in [2.45, 2.75) is 25.8 Å². The topological polar surface area (TPSA) is 67.4 Å². The summed E-state index contributed by atoms with van der Waals surface area (Å²) in [7, 11) is 1.59. The van der Waals surface area contributed by atoms with E-state index in [1.807, 2.05) is 31.2 Å². The molecule has 0 saturated heterocycles. The Morgan fingerprint density at radius 3 is 2.23 bits per heavy atom. The van der Waals surface area contributed by atoms with Crippen LogP contribution in [0.5, 0.6) is 5.75 Å². The van der Waals surface area contributed by atoms with E-state index in [1.54, 1.807) is 43.5 Å². The molecule has 204 valence electrons. The third-order valence-corrected chi connectivity index (χ3v) is 6.99. The van der Waals surface area contributed by atoms with Crippen LogP contribution in [0.3, 0.4) is 0 Å². The van der Waals surface area contributed by atoms with E-state index < -0.39 is 28.9 Å². The van der Waals surface area contributed by atoms with Crippen LogP contribution in [0.15, 0.2) is 78.9 Å². The van der Waals surface area contributed by atoms with Gasteiger partial charge in [0.25, 0.3) is 11.8 Å². The maximum absolute atomic E-state index is 14.9. The first kappa shape index (κ1) is 27.0. The molecule has 4 aromatic carbocycles. The maximum atomic E-state index is 14.9. The first-order chi connectivity index (χ1) is 19.2. The summed E-state index contributed by atoms with van der Waals surface area (Å²) < 4.78 is 48.5. The van der Waals surface area contributed by atoms with Crippen molar-refractivity contribution in [2.24, 2.45) is 5.92 Å². The van der Waals surface area contributed by atoms with Crippen molar-refractivity contribution < 1.29 is 27.5 Å². The van der Waals surface area contributed by atoms with Crippen LogP contribution in [0.2, 0.25) is 0 Å². The van der Waals surface area contributed by atoms with Gasteiger partial charge < -0.3 is 15.4 Å². The highest BCUT2D eigenvalue weighted by atomic mass is 19.2. The molecule has 5 rings (SSSR count). The molecule has 1 saturated carbocycles. The number of nitrogens with one attached hydrogen (secondary N) is 2. The second kappa shape index (κ2) is 11.3. The van der Waals surface area contributed by atoms with Gasteiger partial charge in [0.15, 0.2) is 17.5 Å². The van der Waals surface area contributed by atoms with Crippen LogP contribution < -0.4 is 15.4 Å². The number of methoxy groups -OCH3 is 1. The molecule has 0 aromatic heterocycles. The van der Waals surface area contributed by atoms with Gasteiger partial charge in [-0.3, -0.25) is 9.59 Å². The van der Waals surface area contributed by atoms with Gasteiger partial charge in [0.2, 0.25) is 0 Å². The van der Waals surface area contributed by atoms with Crippen molar-refractivity contribution in [1.82, 2.24) is 5.32 Å². The van der Waals surface area contributed by atoms with E-state index >= 15 is 0 Å².